The summed E-state index contributed by atoms with van der Waals surface area (Å²) in [6.07, 6.45) is 0. The van der Waals surface area contributed by atoms with Gasteiger partial charge in [0.2, 0.25) is 0 Å². The maximum absolute atomic E-state index is 2.50. The molecule has 0 radical (unpaired) electrons. The summed E-state index contributed by atoms with van der Waals surface area (Å²) in [4.78, 5) is 2.50. The van der Waals surface area contributed by atoms with E-state index in [4.69, 9.17) is 0 Å². The van der Waals surface area contributed by atoms with Crippen molar-refractivity contribution in [2.45, 2.75) is 12.0 Å². The van der Waals surface area contributed by atoms with Crippen LogP contribution >= 0.6 is 0 Å². The topological polar surface area (TPSA) is 3.24 Å². The molecule has 0 unspecified atom stereocenters. The van der Waals surface area contributed by atoms with Gasteiger partial charge in [0, 0.05) is 17.9 Å². The number of hydrogen-bond acceptors (Lipinski definition) is 1. The highest BCUT2D eigenvalue weighted by atomic mass is 15.1. The molecule has 2 aliphatic rings. The van der Waals surface area contributed by atoms with Crippen molar-refractivity contribution in [3.8, 4) is 44.5 Å². The Kier molecular flexibility index (Phi) is 6.85. The van der Waals surface area contributed by atoms with Gasteiger partial charge in [-0.05, 0) is 96.6 Å². The van der Waals surface area contributed by atoms with Gasteiger partial charge in [-0.3, -0.25) is 0 Å². The molecule has 0 atom stereocenters. The lowest BCUT2D eigenvalue weighted by Crippen LogP contribution is -2.26. The normalized spacial score (nSPS) is 12.9. The first-order chi connectivity index (χ1) is 25.3. The average molecular weight is 650 g/mol. The summed E-state index contributed by atoms with van der Waals surface area (Å²) in [7, 11) is 0. The molecule has 0 bridgehead atoms. The zero-order valence-corrected chi connectivity index (χ0v) is 28.2. The average Bonchev–Trinajstić information content (AvgIpc) is 3.68. The summed E-state index contributed by atoms with van der Waals surface area (Å²) in [5.74, 6) is 0. The Labute approximate surface area is 299 Å². The zero-order valence-electron chi connectivity index (χ0n) is 28.2. The molecule has 8 aromatic carbocycles. The van der Waals surface area contributed by atoms with Crippen LogP contribution in [0.2, 0.25) is 0 Å². The first-order valence-corrected chi connectivity index (χ1v) is 17.8. The van der Waals surface area contributed by atoms with E-state index in [1.165, 1.54) is 78.0 Å². The van der Waals surface area contributed by atoms with E-state index in [1.54, 1.807) is 0 Å². The summed E-state index contributed by atoms with van der Waals surface area (Å²) in [5, 5.41) is 0. The lowest BCUT2D eigenvalue weighted by molar-refractivity contribution is 0.792. The molecule has 0 saturated carbocycles. The molecule has 0 amide bonds. The molecule has 0 saturated heterocycles. The number of anilines is 2. The predicted octanol–water partition coefficient (Wildman–Crippen LogP) is 12.7. The van der Waals surface area contributed by atoms with Crippen molar-refractivity contribution >= 4 is 11.4 Å². The minimum atomic E-state index is -0.389. The third kappa shape index (κ3) is 4.55. The maximum atomic E-state index is 2.50. The number of fused-ring (bicyclic) bond motifs is 10. The van der Waals surface area contributed by atoms with Gasteiger partial charge in [-0.15, -0.1) is 0 Å². The second-order valence-corrected chi connectivity index (χ2v) is 13.6. The molecule has 240 valence electrons. The monoisotopic (exact) mass is 649 g/mol. The molecular formula is C50H35N. The van der Waals surface area contributed by atoms with Crippen LogP contribution in [0.3, 0.4) is 0 Å². The van der Waals surface area contributed by atoms with Crippen molar-refractivity contribution in [1.82, 2.24) is 0 Å². The van der Waals surface area contributed by atoms with Crippen LogP contribution in [0.25, 0.3) is 44.5 Å². The Balaban J connectivity index is 1.18. The summed E-state index contributed by atoms with van der Waals surface area (Å²) in [5.41, 5.74) is 18.9. The van der Waals surface area contributed by atoms with E-state index in [-0.39, 0.29) is 5.41 Å². The Hall–Kier alpha value is -6.44. The molecule has 10 rings (SSSR count). The molecular weight excluding hydrogens is 615 g/mol. The van der Waals surface area contributed by atoms with E-state index < -0.39 is 0 Å². The molecule has 0 aromatic heterocycles. The molecule has 1 heteroatoms. The quantitative estimate of drug-likeness (QED) is 0.173. The van der Waals surface area contributed by atoms with Crippen LogP contribution in [0, 0.1) is 0 Å². The van der Waals surface area contributed by atoms with Crippen LogP contribution in [0.1, 0.15) is 27.8 Å². The predicted molar refractivity (Wildman–Crippen MR) is 212 cm³/mol. The third-order valence-electron chi connectivity index (χ3n) is 11.0. The van der Waals surface area contributed by atoms with Gasteiger partial charge in [-0.2, -0.15) is 0 Å². The standard InChI is InChI=1S/C50H35N/c1-3-15-35(16-4-1)36-27-29-39(30-28-36)51(34-38-19-7-8-20-41(38)37-17-5-2-6-18-37)40-31-32-45-44-23-11-14-26-48(44)50(49(45)33-40)46-24-12-9-21-42(46)43-22-10-13-25-47(43)50/h1-33H,34H2. The van der Waals surface area contributed by atoms with Crippen LogP contribution in [-0.2, 0) is 12.0 Å². The lowest BCUT2D eigenvalue weighted by atomic mass is 9.70. The van der Waals surface area contributed by atoms with Crippen molar-refractivity contribution in [3.05, 3.63) is 228 Å². The second-order valence-electron chi connectivity index (χ2n) is 13.6. The van der Waals surface area contributed by atoms with E-state index in [0.29, 0.717) is 0 Å². The third-order valence-corrected chi connectivity index (χ3v) is 11.0. The van der Waals surface area contributed by atoms with Crippen molar-refractivity contribution in [2.24, 2.45) is 0 Å². The van der Waals surface area contributed by atoms with Gasteiger partial charge in [0.15, 0.2) is 0 Å². The SMILES string of the molecule is c1ccc(-c2ccc(N(Cc3ccccc3-c3ccccc3)c3ccc4c(c3)C3(c5ccccc5-c5ccccc53)c3ccccc3-4)cc2)cc1. The number of nitrogens with zero attached hydrogens (tertiary/aromatic N) is 1. The Morgan fingerprint density at radius 2 is 0.745 bits per heavy atom. The first kappa shape index (κ1) is 29.5. The molecule has 2 aliphatic carbocycles. The zero-order chi connectivity index (χ0) is 33.8. The minimum absolute atomic E-state index is 0.389. The van der Waals surface area contributed by atoms with E-state index in [2.05, 4.69) is 205 Å². The lowest BCUT2D eigenvalue weighted by Gasteiger charge is -2.32. The Bertz CT molecular complexity index is 2480. The van der Waals surface area contributed by atoms with E-state index >= 15 is 0 Å². The fourth-order valence-electron chi connectivity index (χ4n) is 8.77. The fraction of sp³-hybridized carbons (Fsp3) is 0.0400. The van der Waals surface area contributed by atoms with Gasteiger partial charge < -0.3 is 4.90 Å². The molecule has 0 N–H and O–H groups in total. The van der Waals surface area contributed by atoms with Gasteiger partial charge in [0.05, 0.1) is 5.41 Å². The summed E-state index contributed by atoms with van der Waals surface area (Å²) >= 11 is 0. The van der Waals surface area contributed by atoms with Gasteiger partial charge in [0.1, 0.15) is 0 Å². The first-order valence-electron chi connectivity index (χ1n) is 17.8. The number of rotatable bonds is 6. The summed E-state index contributed by atoms with van der Waals surface area (Å²) in [6.45, 7) is 0.724. The number of hydrogen-bond donors (Lipinski definition) is 0. The summed E-state index contributed by atoms with van der Waals surface area (Å²) in [6, 6.07) is 73.6. The molecule has 8 aromatic rings. The van der Waals surface area contributed by atoms with Crippen LogP contribution in [0.15, 0.2) is 200 Å². The molecule has 0 fully saturated rings. The van der Waals surface area contributed by atoms with E-state index in [1.807, 2.05) is 0 Å². The minimum Gasteiger partial charge on any atom is -0.337 e. The second kappa shape index (κ2) is 11.9. The molecule has 51 heavy (non-hydrogen) atoms. The van der Waals surface area contributed by atoms with Crippen LogP contribution in [0.4, 0.5) is 11.4 Å². The number of benzene rings is 8. The molecule has 1 spiro atoms. The van der Waals surface area contributed by atoms with Crippen LogP contribution in [-0.4, -0.2) is 0 Å². The largest absolute Gasteiger partial charge is 0.337 e. The fourth-order valence-corrected chi connectivity index (χ4v) is 8.77. The molecule has 0 heterocycles. The molecule has 0 aliphatic heterocycles. The van der Waals surface area contributed by atoms with E-state index in [0.717, 1.165) is 12.2 Å². The summed E-state index contributed by atoms with van der Waals surface area (Å²) < 4.78 is 0. The van der Waals surface area contributed by atoms with Crippen molar-refractivity contribution < 1.29 is 0 Å². The van der Waals surface area contributed by atoms with Gasteiger partial charge in [-0.25, -0.2) is 0 Å². The maximum Gasteiger partial charge on any atom is 0.0726 e. The van der Waals surface area contributed by atoms with Gasteiger partial charge in [0.25, 0.3) is 0 Å². The van der Waals surface area contributed by atoms with Crippen molar-refractivity contribution in [2.75, 3.05) is 4.90 Å². The van der Waals surface area contributed by atoms with E-state index in [9.17, 15) is 0 Å². The van der Waals surface area contributed by atoms with Crippen molar-refractivity contribution in [3.63, 3.8) is 0 Å². The van der Waals surface area contributed by atoms with Crippen LogP contribution in [0.5, 0.6) is 0 Å². The van der Waals surface area contributed by atoms with Gasteiger partial charge in [-0.1, -0.05) is 176 Å². The highest BCUT2D eigenvalue weighted by Crippen LogP contribution is 2.63. The highest BCUT2D eigenvalue weighted by molar-refractivity contribution is 5.95. The smallest absolute Gasteiger partial charge is 0.0726 e. The Morgan fingerprint density at radius 3 is 1.33 bits per heavy atom. The highest BCUT2D eigenvalue weighted by Gasteiger charge is 2.51. The van der Waals surface area contributed by atoms with Crippen LogP contribution < -0.4 is 4.90 Å². The molecule has 1 nitrogen and oxygen atoms in total. The van der Waals surface area contributed by atoms with Crippen molar-refractivity contribution in [1.29, 1.82) is 0 Å². The van der Waals surface area contributed by atoms with Gasteiger partial charge >= 0.3 is 0 Å². The Morgan fingerprint density at radius 1 is 0.314 bits per heavy atom.